The van der Waals surface area contributed by atoms with Crippen molar-refractivity contribution >= 4 is 23.2 Å². The Balaban J connectivity index is 2.09. The maximum absolute atomic E-state index is 11.9. The standard InChI is InChI=1S/C16H10N2O/c17-10-12-5-3-4-11(8-12)9-14-13-6-1-2-7-15(13)18-16(14)19/h1-9H,(H,18,19)/b14-9+. The van der Waals surface area contributed by atoms with Crippen molar-refractivity contribution in [1.29, 1.82) is 5.26 Å². The minimum absolute atomic E-state index is 0.108. The highest BCUT2D eigenvalue weighted by molar-refractivity contribution is 6.34. The molecule has 0 aliphatic carbocycles. The van der Waals surface area contributed by atoms with Crippen LogP contribution in [-0.2, 0) is 4.79 Å². The molecule has 19 heavy (non-hydrogen) atoms. The fourth-order valence-corrected chi connectivity index (χ4v) is 2.15. The Kier molecular flexibility index (Phi) is 2.62. The summed E-state index contributed by atoms with van der Waals surface area (Å²) < 4.78 is 0. The highest BCUT2D eigenvalue weighted by atomic mass is 16.2. The maximum Gasteiger partial charge on any atom is 0.256 e. The van der Waals surface area contributed by atoms with Crippen molar-refractivity contribution in [2.75, 3.05) is 5.32 Å². The van der Waals surface area contributed by atoms with Crippen LogP contribution in [0.2, 0.25) is 0 Å². The predicted molar refractivity (Wildman–Crippen MR) is 74.1 cm³/mol. The second kappa shape index (κ2) is 4.43. The number of nitrogens with one attached hydrogen (secondary N) is 1. The second-order valence-corrected chi connectivity index (χ2v) is 4.29. The largest absolute Gasteiger partial charge is 0.321 e. The van der Waals surface area contributed by atoms with Crippen LogP contribution in [0.1, 0.15) is 16.7 Å². The molecule has 1 heterocycles. The minimum Gasteiger partial charge on any atom is -0.321 e. The van der Waals surface area contributed by atoms with E-state index in [4.69, 9.17) is 5.26 Å². The van der Waals surface area contributed by atoms with E-state index in [9.17, 15) is 4.79 Å². The number of hydrogen-bond acceptors (Lipinski definition) is 2. The molecule has 0 saturated heterocycles. The van der Waals surface area contributed by atoms with Gasteiger partial charge in [-0.25, -0.2) is 0 Å². The molecule has 90 valence electrons. The minimum atomic E-state index is -0.108. The first-order valence-corrected chi connectivity index (χ1v) is 5.90. The van der Waals surface area contributed by atoms with Gasteiger partial charge in [0, 0.05) is 16.8 Å². The molecule has 0 bridgehead atoms. The molecule has 1 aliphatic rings. The molecule has 0 radical (unpaired) electrons. The molecule has 0 aromatic heterocycles. The summed E-state index contributed by atoms with van der Waals surface area (Å²) in [5.41, 5.74) is 3.79. The average Bonchev–Trinajstić information content (AvgIpc) is 2.76. The van der Waals surface area contributed by atoms with Gasteiger partial charge in [0.05, 0.1) is 11.6 Å². The average molecular weight is 246 g/mol. The van der Waals surface area contributed by atoms with E-state index < -0.39 is 0 Å². The Morgan fingerprint density at radius 1 is 1.11 bits per heavy atom. The Bertz CT molecular complexity index is 738. The van der Waals surface area contributed by atoms with E-state index in [1.54, 1.807) is 12.1 Å². The Hall–Kier alpha value is -2.86. The molecule has 3 nitrogen and oxygen atoms in total. The number of benzene rings is 2. The highest BCUT2D eigenvalue weighted by Gasteiger charge is 2.23. The van der Waals surface area contributed by atoms with Crippen LogP contribution in [0.25, 0.3) is 11.6 Å². The van der Waals surface area contributed by atoms with Crippen LogP contribution >= 0.6 is 0 Å². The third-order valence-corrected chi connectivity index (χ3v) is 3.04. The Morgan fingerprint density at radius 3 is 2.79 bits per heavy atom. The van der Waals surface area contributed by atoms with E-state index in [-0.39, 0.29) is 5.91 Å². The molecule has 3 rings (SSSR count). The molecule has 3 heteroatoms. The lowest BCUT2D eigenvalue weighted by Gasteiger charge is -1.98. The van der Waals surface area contributed by atoms with Gasteiger partial charge in [0.2, 0.25) is 0 Å². The van der Waals surface area contributed by atoms with Gasteiger partial charge in [-0.15, -0.1) is 0 Å². The first-order valence-electron chi connectivity index (χ1n) is 5.90. The van der Waals surface area contributed by atoms with Gasteiger partial charge in [-0.05, 0) is 29.8 Å². The summed E-state index contributed by atoms with van der Waals surface area (Å²) in [7, 11) is 0. The zero-order valence-electron chi connectivity index (χ0n) is 10.1. The van der Waals surface area contributed by atoms with Crippen LogP contribution in [0.4, 0.5) is 5.69 Å². The maximum atomic E-state index is 11.9. The van der Waals surface area contributed by atoms with E-state index in [2.05, 4.69) is 11.4 Å². The van der Waals surface area contributed by atoms with E-state index in [0.717, 1.165) is 16.8 Å². The number of fused-ring (bicyclic) bond motifs is 1. The molecule has 0 spiro atoms. The van der Waals surface area contributed by atoms with Gasteiger partial charge in [-0.2, -0.15) is 5.26 Å². The second-order valence-electron chi connectivity index (χ2n) is 4.29. The normalized spacial score (nSPS) is 14.9. The van der Waals surface area contributed by atoms with Gasteiger partial charge in [-0.1, -0.05) is 30.3 Å². The zero-order chi connectivity index (χ0) is 13.2. The topological polar surface area (TPSA) is 52.9 Å². The number of amides is 1. The van der Waals surface area contributed by atoms with E-state index in [0.29, 0.717) is 11.1 Å². The molecule has 1 N–H and O–H groups in total. The molecule has 2 aromatic carbocycles. The summed E-state index contributed by atoms with van der Waals surface area (Å²) in [6, 6.07) is 16.9. The summed E-state index contributed by atoms with van der Waals surface area (Å²) in [4.78, 5) is 11.9. The molecule has 0 unspecified atom stereocenters. The molecule has 0 atom stereocenters. The molecule has 1 aliphatic heterocycles. The number of hydrogen-bond donors (Lipinski definition) is 1. The van der Waals surface area contributed by atoms with Crippen LogP contribution in [0, 0.1) is 11.3 Å². The fourth-order valence-electron chi connectivity index (χ4n) is 2.15. The number of nitriles is 1. The SMILES string of the molecule is N#Cc1cccc(/C=C2/C(=O)Nc3ccccc32)c1. The third kappa shape index (κ3) is 2.00. The predicted octanol–water partition coefficient (Wildman–Crippen LogP) is 3.05. The molecular weight excluding hydrogens is 236 g/mol. The first kappa shape index (κ1) is 11.2. The Labute approximate surface area is 110 Å². The summed E-state index contributed by atoms with van der Waals surface area (Å²) in [6.07, 6.45) is 1.81. The van der Waals surface area contributed by atoms with Crippen LogP contribution in [0.5, 0.6) is 0 Å². The number of carbonyl (C=O) groups is 1. The summed E-state index contributed by atoms with van der Waals surface area (Å²) in [6.45, 7) is 0. The quantitative estimate of drug-likeness (QED) is 0.786. The zero-order valence-corrected chi connectivity index (χ0v) is 10.1. The van der Waals surface area contributed by atoms with Crippen LogP contribution < -0.4 is 5.32 Å². The number of anilines is 1. The molecule has 2 aromatic rings. The fraction of sp³-hybridized carbons (Fsp3) is 0. The van der Waals surface area contributed by atoms with Crippen molar-refractivity contribution in [1.82, 2.24) is 0 Å². The van der Waals surface area contributed by atoms with Gasteiger partial charge in [-0.3, -0.25) is 4.79 Å². The van der Waals surface area contributed by atoms with Crippen molar-refractivity contribution in [3.63, 3.8) is 0 Å². The molecule has 0 saturated carbocycles. The molecule has 0 fully saturated rings. The summed E-state index contributed by atoms with van der Waals surface area (Å²) in [5, 5.41) is 11.7. The van der Waals surface area contributed by atoms with Crippen molar-refractivity contribution < 1.29 is 4.79 Å². The molecule has 1 amide bonds. The van der Waals surface area contributed by atoms with Crippen molar-refractivity contribution in [3.8, 4) is 6.07 Å². The van der Waals surface area contributed by atoms with Gasteiger partial charge in [0.25, 0.3) is 5.91 Å². The third-order valence-electron chi connectivity index (χ3n) is 3.04. The van der Waals surface area contributed by atoms with E-state index in [1.165, 1.54) is 0 Å². The van der Waals surface area contributed by atoms with Crippen molar-refractivity contribution in [2.24, 2.45) is 0 Å². The lowest BCUT2D eigenvalue weighted by Crippen LogP contribution is -2.03. The van der Waals surface area contributed by atoms with Crippen molar-refractivity contribution in [2.45, 2.75) is 0 Å². The summed E-state index contributed by atoms with van der Waals surface area (Å²) >= 11 is 0. The van der Waals surface area contributed by atoms with Crippen molar-refractivity contribution in [3.05, 3.63) is 65.2 Å². The van der Waals surface area contributed by atoms with Crippen LogP contribution in [-0.4, -0.2) is 5.91 Å². The highest BCUT2D eigenvalue weighted by Crippen LogP contribution is 2.32. The van der Waals surface area contributed by atoms with Gasteiger partial charge >= 0.3 is 0 Å². The lowest BCUT2D eigenvalue weighted by molar-refractivity contribution is -0.110. The van der Waals surface area contributed by atoms with Crippen LogP contribution in [0.3, 0.4) is 0 Å². The number of carbonyl (C=O) groups excluding carboxylic acids is 1. The number of rotatable bonds is 1. The lowest BCUT2D eigenvalue weighted by atomic mass is 10.0. The number of para-hydroxylation sites is 1. The summed E-state index contributed by atoms with van der Waals surface area (Å²) in [5.74, 6) is -0.108. The van der Waals surface area contributed by atoms with E-state index >= 15 is 0 Å². The van der Waals surface area contributed by atoms with Gasteiger partial charge in [0.15, 0.2) is 0 Å². The van der Waals surface area contributed by atoms with Crippen LogP contribution in [0.15, 0.2) is 48.5 Å². The monoisotopic (exact) mass is 246 g/mol. The van der Waals surface area contributed by atoms with Gasteiger partial charge in [0.1, 0.15) is 0 Å². The van der Waals surface area contributed by atoms with E-state index in [1.807, 2.05) is 42.5 Å². The van der Waals surface area contributed by atoms with Gasteiger partial charge < -0.3 is 5.32 Å². The first-order chi connectivity index (χ1) is 9.28. The molecular formula is C16H10N2O. The Morgan fingerprint density at radius 2 is 1.95 bits per heavy atom. The number of nitrogens with zero attached hydrogens (tertiary/aromatic N) is 1. The smallest absolute Gasteiger partial charge is 0.256 e.